The molecule has 140 valence electrons. The molecule has 0 aromatic carbocycles. The van der Waals surface area contributed by atoms with Gasteiger partial charge in [-0.3, -0.25) is 4.79 Å². The van der Waals surface area contributed by atoms with E-state index in [9.17, 15) is 9.36 Å². The second-order valence-electron chi connectivity index (χ2n) is 6.53. The van der Waals surface area contributed by atoms with Crippen LogP contribution in [-0.4, -0.2) is 23.4 Å². The number of rotatable bonds is 13. The van der Waals surface area contributed by atoms with Crippen molar-refractivity contribution in [2.45, 2.75) is 92.4 Å². The molecule has 0 aromatic heterocycles. The number of carbonyl (C=O) groups is 1. The molecule has 0 rings (SSSR count). The fourth-order valence-corrected chi connectivity index (χ4v) is 5.05. The van der Waals surface area contributed by atoms with E-state index in [4.69, 9.17) is 5.11 Å². The van der Waals surface area contributed by atoms with Crippen molar-refractivity contribution in [1.82, 2.24) is 0 Å². The monoisotopic (exact) mass is 348 g/mol. The maximum atomic E-state index is 12.3. The van der Waals surface area contributed by atoms with E-state index in [1.165, 1.54) is 51.4 Å². The molecule has 4 heteroatoms. The number of unbranched alkanes of at least 4 members (excludes halogenated alkanes) is 2. The lowest BCUT2D eigenvalue weighted by molar-refractivity contribution is -0.136. The summed E-state index contributed by atoms with van der Waals surface area (Å²) in [7, 11) is -1.32. The lowest BCUT2D eigenvalue weighted by Gasteiger charge is -2.18. The first-order chi connectivity index (χ1) is 10.9. The molecule has 0 saturated heterocycles. The topological polar surface area (TPSA) is 54.4 Å². The lowest BCUT2D eigenvalue weighted by Crippen LogP contribution is -2.07. The van der Waals surface area contributed by atoms with Crippen LogP contribution < -0.4 is 0 Å². The Labute approximate surface area is 145 Å². The summed E-state index contributed by atoms with van der Waals surface area (Å²) in [4.78, 5) is 9.37. The van der Waals surface area contributed by atoms with Gasteiger partial charge in [0.2, 0.25) is 0 Å². The molecule has 0 saturated carbocycles. The molecule has 0 aliphatic heterocycles. The highest BCUT2D eigenvalue weighted by Crippen LogP contribution is 2.33. The van der Waals surface area contributed by atoms with Gasteiger partial charge in [0.05, 0.1) is 7.80 Å². The first-order valence-corrected chi connectivity index (χ1v) is 11.5. The number of aliphatic carboxylic acids is 1. The zero-order chi connectivity index (χ0) is 18.1. The molecule has 0 spiro atoms. The van der Waals surface area contributed by atoms with Gasteiger partial charge >= 0.3 is 5.97 Å². The summed E-state index contributed by atoms with van der Waals surface area (Å²) in [6.07, 6.45) is 12.4. The summed E-state index contributed by atoms with van der Waals surface area (Å²) in [6.45, 7) is 10.6. The molecule has 0 amide bonds. The van der Waals surface area contributed by atoms with Crippen molar-refractivity contribution < 1.29 is 14.5 Å². The van der Waals surface area contributed by atoms with Crippen molar-refractivity contribution >= 4 is 13.8 Å². The molecular weight excluding hydrogens is 307 g/mol. The molecule has 3 nitrogen and oxygen atoms in total. The Balaban J connectivity index is 0. The van der Waals surface area contributed by atoms with E-state index < -0.39 is 13.8 Å². The van der Waals surface area contributed by atoms with Gasteiger partial charge in [-0.25, -0.2) is 0 Å². The fourth-order valence-electron chi connectivity index (χ4n) is 2.61. The summed E-state index contributed by atoms with van der Waals surface area (Å²) in [5.41, 5.74) is 0. The van der Waals surface area contributed by atoms with Crippen molar-refractivity contribution in [2.75, 3.05) is 12.3 Å². The van der Waals surface area contributed by atoms with Crippen LogP contribution in [0.5, 0.6) is 0 Å². The minimum absolute atomic E-state index is 0.222. The van der Waals surface area contributed by atoms with Gasteiger partial charge in [-0.1, -0.05) is 86.0 Å². The Bertz CT molecular complexity index is 272. The molecule has 0 fully saturated rings. The predicted octanol–water partition coefficient (Wildman–Crippen LogP) is 6.46. The van der Waals surface area contributed by atoms with E-state index in [-0.39, 0.29) is 6.42 Å². The lowest BCUT2D eigenvalue weighted by atomic mass is 10.0. The summed E-state index contributed by atoms with van der Waals surface area (Å²) < 4.78 is 12.3. The molecule has 23 heavy (non-hydrogen) atoms. The van der Waals surface area contributed by atoms with Crippen molar-refractivity contribution in [3.63, 3.8) is 0 Å². The molecular formula is C19H41O3P. The SMILES string of the molecule is CCC(=O)O.CCCCC(CC)C[PH](=O)CC(CC)CCCC. The zero-order valence-electron chi connectivity index (χ0n) is 16.2. The Morgan fingerprint density at radius 3 is 1.43 bits per heavy atom. The molecule has 0 radical (unpaired) electrons. The van der Waals surface area contributed by atoms with Gasteiger partial charge in [-0.2, -0.15) is 0 Å². The second-order valence-corrected chi connectivity index (χ2v) is 8.42. The maximum Gasteiger partial charge on any atom is 0.303 e. The minimum Gasteiger partial charge on any atom is -0.481 e. The molecule has 0 aliphatic carbocycles. The summed E-state index contributed by atoms with van der Waals surface area (Å²) in [6, 6.07) is 0. The number of hydrogen-bond donors (Lipinski definition) is 1. The number of carboxylic acid groups (broad SMARTS) is 1. The van der Waals surface area contributed by atoms with E-state index in [0.29, 0.717) is 0 Å². The van der Waals surface area contributed by atoms with Crippen LogP contribution in [0.3, 0.4) is 0 Å². The Kier molecular flexibility index (Phi) is 19.6. The van der Waals surface area contributed by atoms with Gasteiger partial charge in [0.25, 0.3) is 0 Å². The van der Waals surface area contributed by atoms with Crippen molar-refractivity contribution in [1.29, 1.82) is 0 Å². The summed E-state index contributed by atoms with van der Waals surface area (Å²) >= 11 is 0. The Hall–Kier alpha value is -0.300. The van der Waals surface area contributed by atoms with Crippen LogP contribution >= 0.6 is 7.80 Å². The van der Waals surface area contributed by atoms with E-state index >= 15 is 0 Å². The van der Waals surface area contributed by atoms with Crippen LogP contribution in [0.15, 0.2) is 0 Å². The van der Waals surface area contributed by atoms with Crippen molar-refractivity contribution in [2.24, 2.45) is 11.8 Å². The minimum atomic E-state index is -1.32. The number of carboxylic acids is 1. The average Bonchev–Trinajstić information content (AvgIpc) is 2.55. The van der Waals surface area contributed by atoms with Crippen molar-refractivity contribution in [3.8, 4) is 0 Å². The maximum absolute atomic E-state index is 12.3. The molecule has 0 heterocycles. The molecule has 1 N–H and O–H groups in total. The zero-order valence-corrected chi connectivity index (χ0v) is 17.2. The van der Waals surface area contributed by atoms with E-state index in [2.05, 4.69) is 27.7 Å². The van der Waals surface area contributed by atoms with Crippen LogP contribution in [0, 0.1) is 11.8 Å². The van der Waals surface area contributed by atoms with Gasteiger partial charge < -0.3 is 9.67 Å². The second kappa shape index (κ2) is 18.0. The smallest absolute Gasteiger partial charge is 0.303 e. The van der Waals surface area contributed by atoms with Crippen LogP contribution in [0.2, 0.25) is 0 Å². The summed E-state index contributed by atoms with van der Waals surface area (Å²) in [5, 5.41) is 7.72. The first-order valence-electron chi connectivity index (χ1n) is 9.68. The van der Waals surface area contributed by atoms with Crippen LogP contribution in [0.25, 0.3) is 0 Å². The average molecular weight is 349 g/mol. The van der Waals surface area contributed by atoms with Crippen molar-refractivity contribution in [3.05, 3.63) is 0 Å². The standard InChI is InChI=1S/C16H35OP.C3H6O2/c1-5-9-11-15(7-3)13-18(17)14-16(8-4)12-10-6-2;1-2-3(4)5/h15-16,18H,5-14H2,1-4H3;2H2,1H3,(H,4,5). The molecule has 2 unspecified atom stereocenters. The van der Waals surface area contributed by atoms with Crippen LogP contribution in [0.4, 0.5) is 0 Å². The Morgan fingerprint density at radius 1 is 0.870 bits per heavy atom. The highest BCUT2D eigenvalue weighted by atomic mass is 31.1. The highest BCUT2D eigenvalue weighted by Gasteiger charge is 2.14. The Morgan fingerprint density at radius 2 is 1.22 bits per heavy atom. The van der Waals surface area contributed by atoms with Gasteiger partial charge in [-0.05, 0) is 11.8 Å². The third-order valence-corrected chi connectivity index (χ3v) is 6.49. The van der Waals surface area contributed by atoms with E-state index in [0.717, 1.165) is 24.2 Å². The largest absolute Gasteiger partial charge is 0.481 e. The van der Waals surface area contributed by atoms with Gasteiger partial charge in [0.1, 0.15) is 0 Å². The van der Waals surface area contributed by atoms with Crippen LogP contribution in [0.1, 0.15) is 92.4 Å². The summed E-state index contributed by atoms with van der Waals surface area (Å²) in [5.74, 6) is 0.699. The first kappa shape index (κ1) is 24.9. The van der Waals surface area contributed by atoms with E-state index in [1.54, 1.807) is 6.92 Å². The highest BCUT2D eigenvalue weighted by molar-refractivity contribution is 7.44. The molecule has 0 aromatic rings. The molecule has 0 aliphatic rings. The predicted molar refractivity (Wildman–Crippen MR) is 103 cm³/mol. The molecule has 2 atom stereocenters. The fraction of sp³-hybridized carbons (Fsp3) is 0.947. The van der Waals surface area contributed by atoms with Gasteiger partial charge in [0.15, 0.2) is 0 Å². The van der Waals surface area contributed by atoms with Gasteiger partial charge in [0, 0.05) is 18.7 Å². The quantitative estimate of drug-likeness (QED) is 0.389. The van der Waals surface area contributed by atoms with Crippen LogP contribution in [-0.2, 0) is 9.36 Å². The molecule has 0 bridgehead atoms. The normalized spacial score (nSPS) is 14.5. The van der Waals surface area contributed by atoms with E-state index in [1.807, 2.05) is 0 Å². The third-order valence-electron chi connectivity index (χ3n) is 4.42. The number of hydrogen-bond acceptors (Lipinski definition) is 2. The third kappa shape index (κ3) is 17.9. The van der Waals surface area contributed by atoms with Gasteiger partial charge in [-0.15, -0.1) is 0 Å².